The zero-order valence-electron chi connectivity index (χ0n) is 7.33. The largest absolute Gasteiger partial charge is 0.391 e. The molecule has 0 radical (unpaired) electrons. The molecule has 0 amide bonds. The number of ketones is 1. The predicted molar refractivity (Wildman–Crippen MR) is 42.4 cm³/mol. The van der Waals surface area contributed by atoms with E-state index in [-0.39, 0.29) is 12.4 Å². The van der Waals surface area contributed by atoms with Crippen molar-refractivity contribution in [1.82, 2.24) is 0 Å². The minimum atomic E-state index is -0.447. The molecule has 0 rings (SSSR count). The first-order chi connectivity index (χ1) is 5.07. The van der Waals surface area contributed by atoms with Crippen molar-refractivity contribution in [2.75, 3.05) is 6.61 Å². The van der Waals surface area contributed by atoms with E-state index < -0.39 is 12.2 Å². The molecule has 0 aliphatic carbocycles. The van der Waals surface area contributed by atoms with Gasteiger partial charge in [-0.2, -0.15) is 0 Å². The molecular formula is C8H16O3. The van der Waals surface area contributed by atoms with Crippen LogP contribution in [0.15, 0.2) is 0 Å². The molecule has 0 aromatic rings. The zero-order chi connectivity index (χ0) is 8.85. The standard InChI is InChI=1S/C8H16O3/c1-4-8(10)5-11-7(3)6(2)9/h7-8,10H,4-5H2,1-3H3. The fourth-order valence-corrected chi connectivity index (χ4v) is 0.491. The molecule has 11 heavy (non-hydrogen) atoms. The topological polar surface area (TPSA) is 46.5 Å². The summed E-state index contributed by atoms with van der Waals surface area (Å²) in [5.41, 5.74) is 0. The van der Waals surface area contributed by atoms with Crippen LogP contribution in [0, 0.1) is 0 Å². The molecule has 2 unspecified atom stereocenters. The van der Waals surface area contributed by atoms with Gasteiger partial charge in [0.1, 0.15) is 6.10 Å². The second kappa shape index (κ2) is 5.27. The van der Waals surface area contributed by atoms with E-state index in [1.807, 2.05) is 6.92 Å². The third-order valence-corrected chi connectivity index (χ3v) is 1.58. The molecule has 1 N–H and O–H groups in total. The molecule has 0 heterocycles. The minimum absolute atomic E-state index is 0.00620. The van der Waals surface area contributed by atoms with Crippen LogP contribution in [-0.2, 0) is 9.53 Å². The van der Waals surface area contributed by atoms with Crippen molar-refractivity contribution < 1.29 is 14.6 Å². The number of Topliss-reactive ketones (excluding diaryl/α,β-unsaturated/α-hetero) is 1. The second-order valence-corrected chi connectivity index (χ2v) is 2.65. The fourth-order valence-electron chi connectivity index (χ4n) is 0.491. The summed E-state index contributed by atoms with van der Waals surface area (Å²) in [6.07, 6.45) is -0.182. The monoisotopic (exact) mass is 160 g/mol. The molecule has 2 atom stereocenters. The van der Waals surface area contributed by atoms with Gasteiger partial charge in [-0.25, -0.2) is 0 Å². The lowest BCUT2D eigenvalue weighted by Gasteiger charge is -2.12. The van der Waals surface area contributed by atoms with Crippen molar-refractivity contribution in [3.63, 3.8) is 0 Å². The SMILES string of the molecule is CCC(O)COC(C)C(C)=O. The van der Waals surface area contributed by atoms with Crippen LogP contribution in [-0.4, -0.2) is 29.7 Å². The zero-order valence-corrected chi connectivity index (χ0v) is 7.33. The van der Waals surface area contributed by atoms with Gasteiger partial charge in [0.15, 0.2) is 5.78 Å². The minimum Gasteiger partial charge on any atom is -0.391 e. The Bertz CT molecular complexity index is 123. The van der Waals surface area contributed by atoms with Crippen molar-refractivity contribution in [2.45, 2.75) is 39.4 Å². The third-order valence-electron chi connectivity index (χ3n) is 1.58. The van der Waals surface area contributed by atoms with Crippen LogP contribution < -0.4 is 0 Å². The van der Waals surface area contributed by atoms with Gasteiger partial charge in [-0.1, -0.05) is 6.92 Å². The van der Waals surface area contributed by atoms with E-state index in [9.17, 15) is 4.79 Å². The molecule has 66 valence electrons. The number of aliphatic hydroxyl groups is 1. The first-order valence-corrected chi connectivity index (χ1v) is 3.88. The lowest BCUT2D eigenvalue weighted by molar-refractivity contribution is -0.129. The van der Waals surface area contributed by atoms with Crippen molar-refractivity contribution in [3.05, 3.63) is 0 Å². The highest BCUT2D eigenvalue weighted by Gasteiger charge is 2.09. The van der Waals surface area contributed by atoms with Gasteiger partial charge in [-0.15, -0.1) is 0 Å². The summed E-state index contributed by atoms with van der Waals surface area (Å²) in [5, 5.41) is 9.05. The Morgan fingerprint density at radius 1 is 1.64 bits per heavy atom. The summed E-state index contributed by atoms with van der Waals surface area (Å²) in [7, 11) is 0. The van der Waals surface area contributed by atoms with Crippen LogP contribution in [0.1, 0.15) is 27.2 Å². The molecular weight excluding hydrogens is 144 g/mol. The number of carbonyl (C=O) groups is 1. The first-order valence-electron chi connectivity index (χ1n) is 3.88. The van der Waals surface area contributed by atoms with Crippen LogP contribution in [0.3, 0.4) is 0 Å². The smallest absolute Gasteiger partial charge is 0.158 e. The van der Waals surface area contributed by atoms with E-state index in [1.165, 1.54) is 6.92 Å². The van der Waals surface area contributed by atoms with E-state index in [4.69, 9.17) is 9.84 Å². The van der Waals surface area contributed by atoms with Crippen LogP contribution in [0.2, 0.25) is 0 Å². The summed E-state index contributed by atoms with van der Waals surface area (Å²) >= 11 is 0. The molecule has 3 heteroatoms. The molecule has 0 aliphatic rings. The second-order valence-electron chi connectivity index (χ2n) is 2.65. The van der Waals surface area contributed by atoms with E-state index in [2.05, 4.69) is 0 Å². The Hall–Kier alpha value is -0.410. The molecule has 0 aromatic carbocycles. The Kier molecular flexibility index (Phi) is 5.07. The summed E-state index contributed by atoms with van der Waals surface area (Å²) in [5.74, 6) is -0.00620. The first kappa shape index (κ1) is 10.6. The summed E-state index contributed by atoms with van der Waals surface area (Å²) in [6.45, 7) is 5.28. The highest BCUT2D eigenvalue weighted by molar-refractivity contribution is 5.79. The number of hydrogen-bond acceptors (Lipinski definition) is 3. The van der Waals surface area contributed by atoms with Crippen LogP contribution in [0.5, 0.6) is 0 Å². The summed E-state index contributed by atoms with van der Waals surface area (Å²) in [4.78, 5) is 10.6. The average molecular weight is 160 g/mol. The molecule has 0 aromatic heterocycles. The molecule has 0 fully saturated rings. The van der Waals surface area contributed by atoms with Crippen LogP contribution in [0.4, 0.5) is 0 Å². The number of aliphatic hydroxyl groups excluding tert-OH is 1. The van der Waals surface area contributed by atoms with Gasteiger partial charge in [0.25, 0.3) is 0 Å². The van der Waals surface area contributed by atoms with Gasteiger partial charge in [-0.3, -0.25) is 4.79 Å². The normalized spacial score (nSPS) is 16.0. The van der Waals surface area contributed by atoms with E-state index in [0.29, 0.717) is 6.42 Å². The molecule has 0 bridgehead atoms. The van der Waals surface area contributed by atoms with E-state index >= 15 is 0 Å². The maximum Gasteiger partial charge on any atom is 0.158 e. The van der Waals surface area contributed by atoms with Crippen molar-refractivity contribution in [2.24, 2.45) is 0 Å². The Labute approximate surface area is 67.4 Å². The van der Waals surface area contributed by atoms with Gasteiger partial charge >= 0.3 is 0 Å². The van der Waals surface area contributed by atoms with Gasteiger partial charge in [0.05, 0.1) is 12.7 Å². The number of carbonyl (C=O) groups excluding carboxylic acids is 1. The van der Waals surface area contributed by atoms with Crippen molar-refractivity contribution in [3.8, 4) is 0 Å². The van der Waals surface area contributed by atoms with Crippen LogP contribution >= 0.6 is 0 Å². The maximum atomic E-state index is 10.6. The van der Waals surface area contributed by atoms with Crippen molar-refractivity contribution in [1.29, 1.82) is 0 Å². The molecule has 0 aliphatic heterocycles. The molecule has 0 saturated carbocycles. The van der Waals surface area contributed by atoms with Gasteiger partial charge in [0.2, 0.25) is 0 Å². The predicted octanol–water partition coefficient (Wildman–Crippen LogP) is 0.751. The van der Waals surface area contributed by atoms with Gasteiger partial charge < -0.3 is 9.84 Å². The average Bonchev–Trinajstić information content (AvgIpc) is 1.99. The number of hydrogen-bond donors (Lipinski definition) is 1. The Morgan fingerprint density at radius 2 is 2.18 bits per heavy atom. The Morgan fingerprint density at radius 3 is 2.55 bits per heavy atom. The van der Waals surface area contributed by atoms with Gasteiger partial charge in [-0.05, 0) is 20.3 Å². The number of ether oxygens (including phenoxy) is 1. The summed E-state index contributed by atoms with van der Waals surface area (Å²) in [6, 6.07) is 0. The lowest BCUT2D eigenvalue weighted by atomic mass is 10.2. The Balaban J connectivity index is 3.45. The molecule has 0 spiro atoms. The maximum absolute atomic E-state index is 10.6. The van der Waals surface area contributed by atoms with E-state index in [1.54, 1.807) is 6.92 Å². The van der Waals surface area contributed by atoms with Crippen LogP contribution in [0.25, 0.3) is 0 Å². The highest BCUT2D eigenvalue weighted by Crippen LogP contribution is 1.96. The third kappa shape index (κ3) is 4.93. The lowest BCUT2D eigenvalue weighted by Crippen LogP contribution is -2.23. The quantitative estimate of drug-likeness (QED) is 0.645. The molecule has 0 saturated heterocycles. The van der Waals surface area contributed by atoms with Gasteiger partial charge in [0, 0.05) is 0 Å². The van der Waals surface area contributed by atoms with Crippen molar-refractivity contribution >= 4 is 5.78 Å². The van der Waals surface area contributed by atoms with E-state index in [0.717, 1.165) is 0 Å². The summed E-state index contributed by atoms with van der Waals surface area (Å²) < 4.78 is 5.06. The highest BCUT2D eigenvalue weighted by atomic mass is 16.5. The molecule has 3 nitrogen and oxygen atoms in total. The fraction of sp³-hybridized carbons (Fsp3) is 0.875. The number of rotatable bonds is 5.